The monoisotopic (exact) mass is 193 g/mol. The number of likely N-dealkylation sites (N-methyl/N-ethyl adjacent to an activating group) is 1. The van der Waals surface area contributed by atoms with Gasteiger partial charge in [0.1, 0.15) is 12.4 Å². The summed E-state index contributed by atoms with van der Waals surface area (Å²) in [4.78, 5) is 18.5. The maximum absolute atomic E-state index is 8.12. The van der Waals surface area contributed by atoms with E-state index in [0.717, 1.165) is 18.9 Å². The molecule has 0 N–H and O–H groups in total. The van der Waals surface area contributed by atoms with Gasteiger partial charge in [0.15, 0.2) is 0 Å². The zero-order chi connectivity index (χ0) is 10.4. The van der Waals surface area contributed by atoms with E-state index in [1.54, 1.807) is 0 Å². The van der Waals surface area contributed by atoms with Gasteiger partial charge in [0.25, 0.3) is 0 Å². The van der Waals surface area contributed by atoms with Crippen LogP contribution in [0.25, 0.3) is 0 Å². The van der Waals surface area contributed by atoms with Gasteiger partial charge in [-0.05, 0) is 12.1 Å². The van der Waals surface area contributed by atoms with Crippen molar-refractivity contribution in [1.29, 1.82) is 0 Å². The van der Waals surface area contributed by atoms with Crippen LogP contribution < -0.4 is 9.64 Å². The van der Waals surface area contributed by atoms with Gasteiger partial charge in [0.05, 0.1) is 12.2 Å². The second-order valence-electron chi connectivity index (χ2n) is 2.82. The molecule has 1 aromatic rings. The molecular formula is C10H11NO3. The van der Waals surface area contributed by atoms with E-state index >= 15 is 0 Å². The van der Waals surface area contributed by atoms with Gasteiger partial charge in [0.2, 0.25) is 0 Å². The molecular weight excluding hydrogens is 182 g/mol. The highest BCUT2D eigenvalue weighted by Crippen LogP contribution is 2.29. The summed E-state index contributed by atoms with van der Waals surface area (Å²) in [5.74, 6) is 1.00. The van der Waals surface area contributed by atoms with Crippen molar-refractivity contribution in [3.63, 3.8) is 0 Å². The Morgan fingerprint density at radius 1 is 1.36 bits per heavy atom. The standard InChI is InChI=1S/C9H11NO.CO2/c1-10-6-7-11-9-5-3-2-4-8(9)10;2-1-3/h2-5H,6-7H2,1H3;. The Labute approximate surface area is 82.1 Å². The van der Waals surface area contributed by atoms with Crippen molar-refractivity contribution in [2.45, 2.75) is 0 Å². The Hall–Kier alpha value is -1.80. The lowest BCUT2D eigenvalue weighted by atomic mass is 10.2. The van der Waals surface area contributed by atoms with E-state index in [0.29, 0.717) is 0 Å². The minimum Gasteiger partial charge on any atom is -0.490 e. The predicted octanol–water partition coefficient (Wildman–Crippen LogP) is 0.932. The number of hydrogen-bond donors (Lipinski definition) is 0. The number of benzene rings is 1. The first-order valence-corrected chi connectivity index (χ1v) is 4.22. The van der Waals surface area contributed by atoms with E-state index in [2.05, 4.69) is 18.0 Å². The molecule has 4 nitrogen and oxygen atoms in total. The third-order valence-electron chi connectivity index (χ3n) is 1.96. The SMILES string of the molecule is CN1CCOc2ccccc21.O=C=O. The summed E-state index contributed by atoms with van der Waals surface area (Å²) in [5.41, 5.74) is 1.19. The molecule has 0 atom stereocenters. The molecule has 1 aliphatic heterocycles. The lowest BCUT2D eigenvalue weighted by molar-refractivity contribution is -0.191. The second kappa shape index (κ2) is 5.04. The van der Waals surface area contributed by atoms with Crippen LogP contribution in [0.15, 0.2) is 24.3 Å². The summed E-state index contributed by atoms with van der Waals surface area (Å²) in [5, 5.41) is 0. The summed E-state index contributed by atoms with van der Waals surface area (Å²) < 4.78 is 5.45. The maximum atomic E-state index is 8.12. The molecule has 0 aromatic heterocycles. The smallest absolute Gasteiger partial charge is 0.373 e. The first-order valence-electron chi connectivity index (χ1n) is 4.22. The van der Waals surface area contributed by atoms with Gasteiger partial charge in [-0.15, -0.1) is 0 Å². The molecule has 0 aliphatic carbocycles. The third-order valence-corrected chi connectivity index (χ3v) is 1.96. The number of ether oxygens (including phenoxy) is 1. The first-order chi connectivity index (χ1) is 6.79. The first kappa shape index (κ1) is 10.3. The molecule has 4 heteroatoms. The third kappa shape index (κ3) is 2.34. The molecule has 1 aromatic carbocycles. The second-order valence-corrected chi connectivity index (χ2v) is 2.82. The molecule has 0 spiro atoms. The van der Waals surface area contributed by atoms with Crippen molar-refractivity contribution in [2.24, 2.45) is 0 Å². The number of rotatable bonds is 0. The normalized spacial score (nSPS) is 12.8. The average Bonchev–Trinajstić information content (AvgIpc) is 2.20. The molecule has 1 heterocycles. The summed E-state index contributed by atoms with van der Waals surface area (Å²) in [6, 6.07) is 8.11. The van der Waals surface area contributed by atoms with Crippen LogP contribution in [0.4, 0.5) is 5.69 Å². The maximum Gasteiger partial charge on any atom is 0.373 e. The van der Waals surface area contributed by atoms with Gasteiger partial charge in [-0.2, -0.15) is 9.59 Å². The van der Waals surface area contributed by atoms with Crippen molar-refractivity contribution in [3.05, 3.63) is 24.3 Å². The van der Waals surface area contributed by atoms with Crippen LogP contribution in [0.1, 0.15) is 0 Å². The van der Waals surface area contributed by atoms with Crippen LogP contribution in [0.5, 0.6) is 5.75 Å². The fraction of sp³-hybridized carbons (Fsp3) is 0.300. The number of nitrogens with zero attached hydrogens (tertiary/aromatic N) is 1. The van der Waals surface area contributed by atoms with E-state index in [-0.39, 0.29) is 6.15 Å². The highest BCUT2D eigenvalue weighted by molar-refractivity contribution is 5.58. The molecule has 1 aliphatic rings. The van der Waals surface area contributed by atoms with Crippen LogP contribution in [0.3, 0.4) is 0 Å². The topological polar surface area (TPSA) is 46.6 Å². The number of carbonyl (C=O) groups excluding carboxylic acids is 2. The van der Waals surface area contributed by atoms with Gasteiger partial charge in [-0.25, -0.2) is 0 Å². The van der Waals surface area contributed by atoms with Crippen LogP contribution in [-0.2, 0) is 9.59 Å². The average molecular weight is 193 g/mol. The summed E-state index contributed by atoms with van der Waals surface area (Å²) >= 11 is 0. The molecule has 2 rings (SSSR count). The lowest BCUT2D eigenvalue weighted by Gasteiger charge is -2.27. The fourth-order valence-electron chi connectivity index (χ4n) is 1.31. The lowest BCUT2D eigenvalue weighted by Crippen LogP contribution is -2.28. The van der Waals surface area contributed by atoms with Gasteiger partial charge in [-0.1, -0.05) is 12.1 Å². The van der Waals surface area contributed by atoms with Crippen molar-refractivity contribution >= 4 is 11.8 Å². The summed E-state index contributed by atoms with van der Waals surface area (Å²) in [6.07, 6.45) is 0.250. The minimum atomic E-state index is 0.250. The predicted molar refractivity (Wildman–Crippen MR) is 50.2 cm³/mol. The molecule has 74 valence electrons. The molecule has 0 fully saturated rings. The molecule has 0 saturated heterocycles. The van der Waals surface area contributed by atoms with Gasteiger partial charge in [0, 0.05) is 7.05 Å². The number of fused-ring (bicyclic) bond motifs is 1. The van der Waals surface area contributed by atoms with Gasteiger partial charge < -0.3 is 9.64 Å². The summed E-state index contributed by atoms with van der Waals surface area (Å²) in [6.45, 7) is 1.78. The van der Waals surface area contributed by atoms with Crippen LogP contribution in [0.2, 0.25) is 0 Å². The zero-order valence-electron chi connectivity index (χ0n) is 7.90. The van der Waals surface area contributed by atoms with E-state index in [4.69, 9.17) is 14.3 Å². The zero-order valence-corrected chi connectivity index (χ0v) is 7.90. The van der Waals surface area contributed by atoms with E-state index in [1.165, 1.54) is 5.69 Å². The highest BCUT2D eigenvalue weighted by Gasteiger charge is 2.12. The van der Waals surface area contributed by atoms with Crippen molar-refractivity contribution < 1.29 is 14.3 Å². The molecule has 0 radical (unpaired) electrons. The minimum absolute atomic E-state index is 0.250. The Morgan fingerprint density at radius 2 is 2.00 bits per heavy atom. The number of para-hydroxylation sites is 2. The van der Waals surface area contributed by atoms with Crippen molar-refractivity contribution in [1.82, 2.24) is 0 Å². The number of anilines is 1. The molecule has 14 heavy (non-hydrogen) atoms. The van der Waals surface area contributed by atoms with Crippen molar-refractivity contribution in [2.75, 3.05) is 25.1 Å². The van der Waals surface area contributed by atoms with Crippen LogP contribution in [-0.4, -0.2) is 26.4 Å². The van der Waals surface area contributed by atoms with Gasteiger partial charge in [-0.3, -0.25) is 0 Å². The Morgan fingerprint density at radius 3 is 2.64 bits per heavy atom. The van der Waals surface area contributed by atoms with E-state index < -0.39 is 0 Å². The van der Waals surface area contributed by atoms with Gasteiger partial charge >= 0.3 is 6.15 Å². The molecule has 0 saturated carbocycles. The summed E-state index contributed by atoms with van der Waals surface area (Å²) in [7, 11) is 2.08. The Kier molecular flexibility index (Phi) is 3.70. The van der Waals surface area contributed by atoms with E-state index in [1.807, 2.05) is 18.2 Å². The van der Waals surface area contributed by atoms with Crippen LogP contribution >= 0.6 is 0 Å². The van der Waals surface area contributed by atoms with Crippen LogP contribution in [0, 0.1) is 0 Å². The highest BCUT2D eigenvalue weighted by atomic mass is 16.5. The molecule has 0 bridgehead atoms. The number of hydrogen-bond acceptors (Lipinski definition) is 4. The Balaban J connectivity index is 0.000000293. The molecule has 0 unspecified atom stereocenters. The molecule has 0 amide bonds. The van der Waals surface area contributed by atoms with Crippen molar-refractivity contribution in [3.8, 4) is 5.75 Å². The Bertz CT molecular complexity index is 332. The van der Waals surface area contributed by atoms with E-state index in [9.17, 15) is 0 Å². The quantitative estimate of drug-likeness (QED) is 0.615. The largest absolute Gasteiger partial charge is 0.490 e. The fourth-order valence-corrected chi connectivity index (χ4v) is 1.31.